The van der Waals surface area contributed by atoms with Crippen LogP contribution in [0.1, 0.15) is 84.3 Å². The highest BCUT2D eigenvalue weighted by atomic mass is 32.1. The van der Waals surface area contributed by atoms with Gasteiger partial charge in [0.25, 0.3) is 0 Å². The largest absolute Gasteiger partial charge is 0.508 e. The molecule has 0 spiro atoms. The fraction of sp³-hybridized carbons (Fsp3) is 0.785. The Morgan fingerprint density at radius 1 is 0.270 bits per heavy atom. The van der Waals surface area contributed by atoms with Crippen LogP contribution < -0.4 is 98.0 Å². The maximum atomic E-state index is 13.2. The third kappa shape index (κ3) is 30.2. The van der Waals surface area contributed by atoms with Crippen molar-refractivity contribution in [2.24, 2.45) is 40.1 Å². The molecule has 3 aromatic rings. The number of nitrogens with two attached hydrogens (primary N) is 7. The van der Waals surface area contributed by atoms with E-state index in [9.17, 15) is 102 Å². The number of ether oxygens (including phenoxy) is 17. The van der Waals surface area contributed by atoms with Gasteiger partial charge in [-0.1, -0.05) is 18.2 Å². The van der Waals surface area contributed by atoms with Crippen LogP contribution in [0.4, 0.5) is 5.69 Å². The first kappa shape index (κ1) is 119. The van der Waals surface area contributed by atoms with E-state index in [1.54, 1.807) is 24.3 Å². The summed E-state index contributed by atoms with van der Waals surface area (Å²) in [6.07, 6.45) is -71.6. The molecule has 54 nitrogen and oxygen atoms in total. The Morgan fingerprint density at radius 3 is 0.689 bits per heavy atom. The van der Waals surface area contributed by atoms with Gasteiger partial charge >= 0.3 is 5.97 Å². The summed E-state index contributed by atoms with van der Waals surface area (Å²) in [5.74, 6) is -1.72. The highest BCUT2D eigenvalue weighted by Gasteiger charge is 2.61. The van der Waals surface area contributed by atoms with Gasteiger partial charge in [0, 0.05) is 93.8 Å². The van der Waals surface area contributed by atoms with Crippen molar-refractivity contribution in [3.63, 3.8) is 0 Å². The predicted octanol–water partition coefficient (Wildman–Crippen LogP) is -13.4. The minimum absolute atomic E-state index is 0.0724. The summed E-state index contributed by atoms with van der Waals surface area (Å²) in [6.45, 7) is 1.63. The predicted molar refractivity (Wildman–Crippen MR) is 523 cm³/mol. The molecule has 148 heavy (non-hydrogen) atoms. The molecule has 3 aromatic carbocycles. The standard InChI is InChI=1S/C93H157N17O37S/c94-15-1-22-101-34-51-76-60(113)68(121)85(132-51)141-77-52(35-102-23-2-16-95)134-87(70(123)62(77)115)143-79-54(37-104-25-4-18-97)136-89(72(125)64(79)117)145-81-56(39-106-27-6-20-99)138-91(74(127)66(81)119)147-83-58(41-108-29-8-30-109-93(148)110-42-9-12-45(48(31-42)84(129)130)59-46-13-10-43(111)32-49(46)131-50-33-44(112)11-14-47(50)59)139-92(75(128)67(83)120)146-82-57(40-107-28-7-21-100)137-90(73(126)65(82)118)144-80-55(38-105-26-5-19-98)135-88(71(124)63(80)116)142-78-53(36-103-24-3-17-96)133-86(140-76)69(122)61(78)114/h9-14,31-33,51-83,85-92,101-108,111-128H,1-8,15-30,34-41,94-100H2,(H,129,130)(H2,109,110,148)/t51-,52-,53-,54-,55-,56-,57-,58-,60-,61-,62-,63-,64-,65-,66-,67-,68-,69-,70-,71-,72-,73-,74-,75-,76-,77-,78-,79-,80-,81-,82-,83-,85-,86-,87-,88-,89-,90-,91-,92-/m1/s1. The lowest BCUT2D eigenvalue weighted by Gasteiger charge is -2.51. The van der Waals surface area contributed by atoms with Crippen LogP contribution in [-0.4, -0.2) is 511 Å². The van der Waals surface area contributed by atoms with Crippen LogP contribution in [0.15, 0.2) is 54.6 Å². The van der Waals surface area contributed by atoms with E-state index in [2.05, 4.69) is 53.2 Å². The first-order chi connectivity index (χ1) is 71.3. The number of phenols is 2. The summed E-state index contributed by atoms with van der Waals surface area (Å²) in [6, 6.07) is 13.6. The minimum atomic E-state index is -2.19. The van der Waals surface area contributed by atoms with Crippen molar-refractivity contribution in [3.8, 4) is 23.0 Å². The number of rotatable bonds is 44. The highest BCUT2D eigenvalue weighted by Crippen LogP contribution is 2.51. The SMILES string of the molecule is NCCCNC[C@H]1O[C@@H]2O[C@H]3[C@H](O)[C@@H](O)[C@@H](O[C@H]4[C@H](O)[C@@H](O)[C@@H](O[C@H]5[C@H](O)[C@@H](O)[C@@H](O[C@H]6[C@H](O)[C@@H](O)[C@@H](O[C@H]7[C@H](O)[C@@H](O)[C@@H](O[C@H]8[C@H](O)[C@@H](O)[C@@H](O[C@H]9[C@H](O)[C@@H](O)[C@@H](O[C@H]1[C@H](O)[C@H]2O)O[C@@H]9CNCCCN)O[C@@H]8CNCCCN)O[C@@H]7CNCCCN)O[C@@H]6CNCCCNC(=S)Nc1ccc(C2c6ccc(O)cc6Oc6cc(O)ccc62)c(C(=O)O)c1)O[C@@H]5CNCCCN)O[C@@H]4CNCCCN)O[C@@H]3CNCCCN. The number of benzene rings is 3. The van der Waals surface area contributed by atoms with Gasteiger partial charge in [0.2, 0.25) is 0 Å². The molecule has 30 saturated heterocycles. The second-order valence-corrected chi connectivity index (χ2v) is 38.9. The molecular formula is C93H157N17O37S. The highest BCUT2D eigenvalue weighted by molar-refractivity contribution is 7.80. The summed E-state index contributed by atoms with van der Waals surface area (Å²) in [5.41, 5.74) is 43.0. The van der Waals surface area contributed by atoms with Gasteiger partial charge in [-0.05, 0) is 192 Å². The summed E-state index contributed by atoms with van der Waals surface area (Å²) in [7, 11) is 0. The van der Waals surface area contributed by atoms with Gasteiger partial charge in [0.1, 0.15) is 218 Å². The molecule has 0 aliphatic carbocycles. The maximum absolute atomic E-state index is 13.2. The van der Waals surface area contributed by atoms with E-state index < -0.39 is 258 Å². The Kier molecular flexibility index (Phi) is 47.1. The van der Waals surface area contributed by atoms with Gasteiger partial charge in [-0.3, -0.25) is 0 Å². The lowest BCUT2D eigenvalue weighted by atomic mass is 9.80. The van der Waals surface area contributed by atoms with E-state index in [0.717, 1.165) is 0 Å². The van der Waals surface area contributed by atoms with E-state index in [-0.39, 0.29) is 203 Å². The van der Waals surface area contributed by atoms with Crippen molar-refractivity contribution in [1.82, 2.24) is 47.9 Å². The smallest absolute Gasteiger partial charge is 0.336 e. The molecule has 0 radical (unpaired) electrons. The van der Waals surface area contributed by atoms with Crippen LogP contribution >= 0.6 is 12.2 Å². The molecule has 0 unspecified atom stereocenters. The second-order valence-electron chi connectivity index (χ2n) is 38.4. The summed E-state index contributed by atoms with van der Waals surface area (Å²) >= 11 is 5.72. The Morgan fingerprint density at radius 2 is 0.480 bits per heavy atom. The molecular weight excluding hydrogens is 1980 g/mol. The lowest BCUT2D eigenvalue weighted by Crippen LogP contribution is -2.70. The van der Waals surface area contributed by atoms with E-state index >= 15 is 0 Å². The molecule has 30 fully saturated rings. The van der Waals surface area contributed by atoms with Crippen LogP contribution in [0, 0.1) is 0 Å². The van der Waals surface area contributed by atoms with Crippen molar-refractivity contribution < 1.29 is 182 Å². The van der Waals surface area contributed by atoms with Crippen LogP contribution in [0.25, 0.3) is 0 Å². The number of aliphatic hydroxyl groups is 16. The van der Waals surface area contributed by atoms with Crippen molar-refractivity contribution >= 4 is 29.0 Å². The molecule has 43 N–H and O–H groups in total. The molecule has 31 aliphatic heterocycles. The number of fused-ring (bicyclic) bond motifs is 2. The number of aromatic hydroxyl groups is 2. The van der Waals surface area contributed by atoms with Gasteiger partial charge < -0.3 is 271 Å². The number of hydrogen-bond acceptors (Lipinski definition) is 52. The molecule has 40 atom stereocenters. The average Bonchev–Trinajstić information content (AvgIpc) is 0.745. The number of thiocarbonyl (C=S) groups is 1. The van der Waals surface area contributed by atoms with Crippen molar-refractivity contribution in [3.05, 3.63) is 76.9 Å². The van der Waals surface area contributed by atoms with Crippen LogP contribution in [0.3, 0.4) is 0 Å². The Balaban J connectivity index is 0.811. The zero-order valence-electron chi connectivity index (χ0n) is 82.3. The van der Waals surface area contributed by atoms with Gasteiger partial charge in [-0.15, -0.1) is 0 Å². The third-order valence-electron chi connectivity index (χ3n) is 27.6. The molecule has 55 heteroatoms. The lowest BCUT2D eigenvalue weighted by molar-refractivity contribution is -0.399. The number of carbonyl (C=O) groups is 1. The number of nitrogens with one attached hydrogen (secondary N) is 10. The zero-order chi connectivity index (χ0) is 106. The number of carboxylic acids is 1. The molecule has 16 bridgehead atoms. The zero-order valence-corrected chi connectivity index (χ0v) is 83.1. The quantitative estimate of drug-likeness (QED) is 0.0144. The maximum Gasteiger partial charge on any atom is 0.336 e. The Bertz CT molecular complexity index is 4270. The molecule has 31 heterocycles. The molecule has 31 aliphatic rings. The molecule has 0 amide bonds. The summed E-state index contributed by atoms with van der Waals surface area (Å²) < 4.78 is 110. The molecule has 842 valence electrons. The third-order valence-corrected chi connectivity index (χ3v) is 27.9. The second kappa shape index (κ2) is 58.4. The van der Waals surface area contributed by atoms with Crippen molar-refractivity contribution in [2.45, 2.75) is 303 Å². The van der Waals surface area contributed by atoms with Gasteiger partial charge in [0.05, 0.1) is 5.56 Å². The van der Waals surface area contributed by atoms with E-state index in [1.807, 2.05) is 0 Å². The fourth-order valence-corrected chi connectivity index (χ4v) is 19.8. The van der Waals surface area contributed by atoms with Gasteiger partial charge in [-0.2, -0.15) is 0 Å². The molecule has 34 rings (SSSR count). The first-order valence-electron chi connectivity index (χ1n) is 51.0. The van der Waals surface area contributed by atoms with Crippen LogP contribution in [-0.2, 0) is 75.8 Å². The van der Waals surface area contributed by atoms with E-state index in [4.69, 9.17) is 133 Å². The number of phenolic OH excluding ortho intramolecular Hbond substituents is 2. The number of aromatic carboxylic acids is 1. The fourth-order valence-electron chi connectivity index (χ4n) is 19.6. The van der Waals surface area contributed by atoms with Gasteiger partial charge in [0.15, 0.2) is 55.4 Å². The monoisotopic (exact) mass is 2140 g/mol. The number of anilines is 1. The van der Waals surface area contributed by atoms with Crippen molar-refractivity contribution in [1.29, 1.82) is 0 Å². The van der Waals surface area contributed by atoms with Crippen LogP contribution in [0.5, 0.6) is 23.0 Å². The average molecular weight is 2140 g/mol. The summed E-state index contributed by atoms with van der Waals surface area (Å²) in [4.78, 5) is 13.2. The number of aliphatic hydroxyl groups excluding tert-OH is 16. The number of carboxylic acid groups (broad SMARTS) is 1. The molecule has 0 saturated carbocycles. The van der Waals surface area contributed by atoms with Crippen molar-refractivity contribution in [2.75, 3.05) is 162 Å². The number of hydrogen-bond donors (Lipinski definition) is 36. The minimum Gasteiger partial charge on any atom is -0.508 e. The Labute approximate surface area is 860 Å². The summed E-state index contributed by atoms with van der Waals surface area (Å²) in [5, 5.41) is 262. The Hall–Kier alpha value is -5.66. The van der Waals surface area contributed by atoms with Gasteiger partial charge in [-0.25, -0.2) is 4.79 Å². The van der Waals surface area contributed by atoms with E-state index in [1.165, 1.54) is 30.3 Å². The first-order valence-corrected chi connectivity index (χ1v) is 51.5. The topological polar surface area (TPSA) is 861 Å². The molecule has 0 aromatic heterocycles. The normalized spacial score (nSPS) is 38.0. The van der Waals surface area contributed by atoms with Crippen LogP contribution in [0.2, 0.25) is 0 Å². The van der Waals surface area contributed by atoms with E-state index in [0.29, 0.717) is 61.6 Å².